The van der Waals surface area contributed by atoms with Crippen LogP contribution in [0.15, 0.2) is 94.7 Å². The number of allylic oxidation sites excluding steroid dienone is 1. The Labute approximate surface area is 246 Å². The Balaban J connectivity index is 1.82. The Morgan fingerprint density at radius 3 is 2.52 bits per heavy atom. The molecule has 0 aliphatic carbocycles. The van der Waals surface area contributed by atoms with Gasteiger partial charge in [-0.2, -0.15) is 0 Å². The summed E-state index contributed by atoms with van der Waals surface area (Å²) in [4.78, 5) is 33.1. The second-order valence-electron chi connectivity index (χ2n) is 9.43. The van der Waals surface area contributed by atoms with E-state index in [4.69, 9.17) is 19.2 Å². The maximum absolute atomic E-state index is 14.1. The molecule has 214 valence electrons. The molecule has 0 saturated carbocycles. The number of aromatic hydroxyl groups is 1. The van der Waals surface area contributed by atoms with Crippen LogP contribution in [0.3, 0.4) is 0 Å². The molecule has 3 aromatic carbocycles. The van der Waals surface area contributed by atoms with Crippen LogP contribution < -0.4 is 24.4 Å². The standard InChI is InChI=1S/C33H30N2O6S/c1-5-10-22-17-20(13-15-24(22)36)18-27-31(37)35-30(23-14-16-25(39-3)26(19-23)40-4)28(32(38)41-6-2)29(34-33(35)42-27)21-11-8-7-9-12-21/h5,7-9,11-19,30,36H,1,6,10H2,2-4H3/b27-18+/t30-/m1/s1. The van der Waals surface area contributed by atoms with Gasteiger partial charge in [-0.15, -0.1) is 6.58 Å². The zero-order valence-electron chi connectivity index (χ0n) is 23.5. The van der Waals surface area contributed by atoms with Crippen LogP contribution in [0, 0.1) is 0 Å². The number of hydrogen-bond acceptors (Lipinski definition) is 8. The third-order valence-corrected chi connectivity index (χ3v) is 7.85. The normalized spacial score (nSPS) is 14.6. The zero-order valence-corrected chi connectivity index (χ0v) is 24.3. The second kappa shape index (κ2) is 12.3. The van der Waals surface area contributed by atoms with Crippen LogP contribution in [-0.2, 0) is 16.0 Å². The average molecular weight is 583 g/mol. The number of carbonyl (C=O) groups is 1. The molecule has 1 atom stereocenters. The number of hydrogen-bond donors (Lipinski definition) is 1. The van der Waals surface area contributed by atoms with Gasteiger partial charge in [0.25, 0.3) is 5.56 Å². The van der Waals surface area contributed by atoms with Crippen molar-refractivity contribution in [1.29, 1.82) is 0 Å². The Bertz CT molecular complexity index is 1870. The minimum Gasteiger partial charge on any atom is -0.508 e. The largest absolute Gasteiger partial charge is 0.508 e. The number of aromatic nitrogens is 1. The van der Waals surface area contributed by atoms with Gasteiger partial charge in [0.2, 0.25) is 0 Å². The van der Waals surface area contributed by atoms with E-state index < -0.39 is 12.0 Å². The van der Waals surface area contributed by atoms with Gasteiger partial charge >= 0.3 is 5.97 Å². The Hall–Kier alpha value is -4.89. The number of methoxy groups -OCH3 is 2. The molecular weight excluding hydrogens is 552 g/mol. The molecule has 4 aromatic rings. The minimum atomic E-state index is -0.853. The van der Waals surface area contributed by atoms with Crippen LogP contribution >= 0.6 is 11.3 Å². The smallest absolute Gasteiger partial charge is 0.338 e. The number of phenolic OH excluding ortho intramolecular Hbond substituents is 1. The van der Waals surface area contributed by atoms with Crippen molar-refractivity contribution in [3.05, 3.63) is 127 Å². The molecular formula is C33H30N2O6S. The zero-order chi connectivity index (χ0) is 29.8. The summed E-state index contributed by atoms with van der Waals surface area (Å²) in [6.45, 7) is 5.64. The van der Waals surface area contributed by atoms with Crippen molar-refractivity contribution in [2.24, 2.45) is 4.99 Å². The number of ether oxygens (including phenoxy) is 3. The van der Waals surface area contributed by atoms with Gasteiger partial charge in [-0.25, -0.2) is 9.79 Å². The molecule has 1 aliphatic heterocycles. The van der Waals surface area contributed by atoms with E-state index in [-0.39, 0.29) is 23.5 Å². The number of carbonyl (C=O) groups excluding carboxylic acids is 1. The summed E-state index contributed by atoms with van der Waals surface area (Å²) < 4.78 is 18.5. The average Bonchev–Trinajstić information content (AvgIpc) is 3.32. The first-order valence-electron chi connectivity index (χ1n) is 13.3. The number of fused-ring (bicyclic) bond motifs is 1. The van der Waals surface area contributed by atoms with Crippen molar-refractivity contribution in [2.45, 2.75) is 19.4 Å². The van der Waals surface area contributed by atoms with Crippen LogP contribution in [0.5, 0.6) is 17.2 Å². The summed E-state index contributed by atoms with van der Waals surface area (Å²) in [6.07, 6.45) is 3.95. The molecule has 1 N–H and O–H groups in total. The highest BCUT2D eigenvalue weighted by molar-refractivity contribution is 7.07. The predicted octanol–water partition coefficient (Wildman–Crippen LogP) is 4.39. The topological polar surface area (TPSA) is 99.4 Å². The van der Waals surface area contributed by atoms with Gasteiger partial charge in [0.15, 0.2) is 16.3 Å². The fourth-order valence-corrected chi connectivity index (χ4v) is 5.95. The third kappa shape index (κ3) is 5.38. The van der Waals surface area contributed by atoms with Gasteiger partial charge in [-0.05, 0) is 60.4 Å². The summed E-state index contributed by atoms with van der Waals surface area (Å²) in [5.74, 6) is 0.564. The second-order valence-corrected chi connectivity index (χ2v) is 10.4. The Morgan fingerprint density at radius 2 is 1.83 bits per heavy atom. The van der Waals surface area contributed by atoms with E-state index in [1.54, 1.807) is 56.5 Å². The maximum atomic E-state index is 14.1. The van der Waals surface area contributed by atoms with Crippen LogP contribution in [0.4, 0.5) is 0 Å². The molecule has 5 rings (SSSR count). The van der Waals surface area contributed by atoms with Crippen molar-refractivity contribution >= 4 is 29.1 Å². The van der Waals surface area contributed by atoms with Crippen LogP contribution in [0.1, 0.15) is 35.2 Å². The first-order valence-corrected chi connectivity index (χ1v) is 14.1. The molecule has 0 bridgehead atoms. The summed E-state index contributed by atoms with van der Waals surface area (Å²) in [5.41, 5.74) is 3.15. The van der Waals surface area contributed by atoms with E-state index in [2.05, 4.69) is 6.58 Å². The molecule has 2 heterocycles. The predicted molar refractivity (Wildman–Crippen MR) is 163 cm³/mol. The van der Waals surface area contributed by atoms with Crippen molar-refractivity contribution in [1.82, 2.24) is 4.57 Å². The lowest BCUT2D eigenvalue weighted by molar-refractivity contribution is -0.138. The number of phenols is 1. The van der Waals surface area contributed by atoms with E-state index in [9.17, 15) is 14.7 Å². The summed E-state index contributed by atoms with van der Waals surface area (Å²) in [7, 11) is 3.07. The van der Waals surface area contributed by atoms with Crippen molar-refractivity contribution in [3.8, 4) is 17.2 Å². The highest BCUT2D eigenvalue weighted by Gasteiger charge is 2.35. The Morgan fingerprint density at radius 1 is 1.07 bits per heavy atom. The van der Waals surface area contributed by atoms with E-state index in [0.717, 1.165) is 11.1 Å². The van der Waals surface area contributed by atoms with Crippen LogP contribution in [0.2, 0.25) is 0 Å². The number of nitrogens with zero attached hydrogens (tertiary/aromatic N) is 2. The summed E-state index contributed by atoms with van der Waals surface area (Å²) in [6, 6.07) is 19.0. The molecule has 0 saturated heterocycles. The van der Waals surface area contributed by atoms with E-state index in [0.29, 0.717) is 44.1 Å². The molecule has 0 fully saturated rings. The quantitative estimate of drug-likeness (QED) is 0.232. The number of esters is 1. The fraction of sp³-hybridized carbons (Fsp3) is 0.182. The van der Waals surface area contributed by atoms with E-state index >= 15 is 0 Å². The lowest BCUT2D eigenvalue weighted by Gasteiger charge is -2.26. The van der Waals surface area contributed by atoms with Gasteiger partial charge < -0.3 is 19.3 Å². The third-order valence-electron chi connectivity index (χ3n) is 6.86. The Kier molecular flexibility index (Phi) is 8.40. The minimum absolute atomic E-state index is 0.154. The lowest BCUT2D eigenvalue weighted by Crippen LogP contribution is -2.40. The van der Waals surface area contributed by atoms with E-state index in [1.165, 1.54) is 23.0 Å². The monoisotopic (exact) mass is 582 g/mol. The van der Waals surface area contributed by atoms with Crippen molar-refractivity contribution in [2.75, 3.05) is 20.8 Å². The molecule has 42 heavy (non-hydrogen) atoms. The maximum Gasteiger partial charge on any atom is 0.338 e. The SMILES string of the molecule is C=CCc1cc(/C=c2/sc3n(c2=O)[C@H](c2ccc(OC)c(OC)c2)C(C(=O)OCC)=C(c2ccccc2)N=3)ccc1O. The van der Waals surface area contributed by atoms with Crippen LogP contribution in [0.25, 0.3) is 11.8 Å². The van der Waals surface area contributed by atoms with Gasteiger partial charge in [-0.3, -0.25) is 9.36 Å². The highest BCUT2D eigenvalue weighted by Crippen LogP contribution is 2.38. The summed E-state index contributed by atoms with van der Waals surface area (Å²) in [5, 5.41) is 10.2. The first-order chi connectivity index (χ1) is 20.4. The van der Waals surface area contributed by atoms with Gasteiger partial charge in [0.05, 0.1) is 42.7 Å². The van der Waals surface area contributed by atoms with Gasteiger partial charge in [-0.1, -0.05) is 59.9 Å². The fourth-order valence-electron chi connectivity index (χ4n) is 4.94. The van der Waals surface area contributed by atoms with Crippen molar-refractivity contribution in [3.63, 3.8) is 0 Å². The summed E-state index contributed by atoms with van der Waals surface area (Å²) >= 11 is 1.23. The molecule has 9 heteroatoms. The van der Waals surface area contributed by atoms with Gasteiger partial charge in [0, 0.05) is 5.56 Å². The number of rotatable bonds is 9. The van der Waals surface area contributed by atoms with E-state index in [1.807, 2.05) is 36.4 Å². The molecule has 0 unspecified atom stereocenters. The number of benzene rings is 3. The molecule has 8 nitrogen and oxygen atoms in total. The number of thiazole rings is 1. The molecule has 0 radical (unpaired) electrons. The molecule has 0 spiro atoms. The molecule has 1 aromatic heterocycles. The first kappa shape index (κ1) is 28.6. The molecule has 0 amide bonds. The van der Waals surface area contributed by atoms with Crippen molar-refractivity contribution < 1.29 is 24.1 Å². The molecule has 1 aliphatic rings. The highest BCUT2D eigenvalue weighted by atomic mass is 32.1. The lowest BCUT2D eigenvalue weighted by atomic mass is 9.93. The van der Waals surface area contributed by atoms with Crippen LogP contribution in [-0.4, -0.2) is 36.5 Å². The van der Waals surface area contributed by atoms with Gasteiger partial charge in [0.1, 0.15) is 5.75 Å².